The van der Waals surface area contributed by atoms with Gasteiger partial charge in [-0.15, -0.1) is 16.5 Å². The van der Waals surface area contributed by atoms with Gasteiger partial charge in [-0.1, -0.05) is 49.0 Å². The molecule has 21 heteroatoms. The number of aromatic nitrogens is 3. The molecule has 2 heterocycles. The maximum Gasteiger partial charge on any atom is 0.387 e. The highest BCUT2D eigenvalue weighted by Gasteiger charge is 2.21. The number of imidazole rings is 1. The number of nitrogens with two attached hydrogens (primary N) is 1. The van der Waals surface area contributed by atoms with Gasteiger partial charge in [-0.2, -0.15) is 13.8 Å². The fourth-order valence-electron chi connectivity index (χ4n) is 4.64. The van der Waals surface area contributed by atoms with Crippen molar-refractivity contribution >= 4 is 67.3 Å². The molecule has 0 bridgehead atoms. The van der Waals surface area contributed by atoms with Gasteiger partial charge < -0.3 is 30.2 Å². The third kappa shape index (κ3) is 14.5. The van der Waals surface area contributed by atoms with Crippen LogP contribution in [-0.2, 0) is 21.3 Å². The fraction of sp³-hybridized carbons (Fsp3) is 0.516. The number of ether oxygens (including phenoxy) is 3. The van der Waals surface area contributed by atoms with E-state index in [1.165, 1.54) is 45.0 Å². The smallest absolute Gasteiger partial charge is 0.387 e. The number of halogens is 4. The molecule has 4 rings (SSSR count). The van der Waals surface area contributed by atoms with Crippen LogP contribution in [0.5, 0.6) is 17.2 Å². The summed E-state index contributed by atoms with van der Waals surface area (Å²) in [4.78, 5) is 53.9. The topological polar surface area (TPSA) is 220 Å². The van der Waals surface area contributed by atoms with Crippen LogP contribution in [0.25, 0.3) is 11.0 Å². The summed E-state index contributed by atoms with van der Waals surface area (Å²) in [6.45, 7) is 0.958. The second-order valence-corrected chi connectivity index (χ2v) is 14.0. The maximum absolute atomic E-state index is 12.6. The first-order valence-electron chi connectivity index (χ1n) is 15.8. The minimum atomic E-state index is -2.92. The number of rotatable bonds is 13. The molecular weight excluding hydrogens is 798 g/mol. The van der Waals surface area contributed by atoms with Gasteiger partial charge in [-0.05, 0) is 30.9 Å². The van der Waals surface area contributed by atoms with Crippen molar-refractivity contribution in [3.05, 3.63) is 41.1 Å². The molecule has 2 aromatic heterocycles. The molecule has 1 aliphatic rings. The number of fused-ring (bicyclic) bond motifs is 1. The van der Waals surface area contributed by atoms with E-state index in [1.54, 1.807) is 6.07 Å². The summed E-state index contributed by atoms with van der Waals surface area (Å²) in [6, 6.07) is 4.82. The molecule has 5 amide bonds. The van der Waals surface area contributed by atoms with Crippen LogP contribution >= 0.6 is 27.5 Å². The molecule has 1 fully saturated rings. The highest BCUT2D eigenvalue weighted by molar-refractivity contribution is 9.10. The van der Waals surface area contributed by atoms with Crippen LogP contribution in [0, 0.1) is 10.8 Å². The summed E-state index contributed by atoms with van der Waals surface area (Å²) in [5.41, 5.74) is 6.12. The number of carbonyl (C=O) groups is 3. The number of primary amides is 1. The van der Waals surface area contributed by atoms with E-state index < -0.39 is 35.4 Å². The van der Waals surface area contributed by atoms with Crippen LogP contribution in [-0.4, -0.2) is 86.3 Å². The Labute approximate surface area is 314 Å². The molecule has 0 aliphatic heterocycles. The number of aromatic amines is 1. The number of methoxy groups -OCH3 is 2. The zero-order valence-electron chi connectivity index (χ0n) is 28.9. The molecular formula is C31H42BrClF2N8O8S. The van der Waals surface area contributed by atoms with Crippen molar-refractivity contribution in [3.8, 4) is 17.2 Å². The Morgan fingerprint density at radius 1 is 1.17 bits per heavy atom. The molecule has 1 saturated carbocycles. The van der Waals surface area contributed by atoms with Gasteiger partial charge >= 0.3 is 18.7 Å². The number of hydrogen-bond acceptors (Lipinski definition) is 11. The van der Waals surface area contributed by atoms with Crippen LogP contribution in [0.4, 0.5) is 18.4 Å². The zero-order chi connectivity index (χ0) is 38.8. The molecule has 5 N–H and O–H groups in total. The highest BCUT2D eigenvalue weighted by atomic mass is 79.9. The van der Waals surface area contributed by atoms with Crippen LogP contribution < -0.4 is 30.6 Å². The van der Waals surface area contributed by atoms with Crippen molar-refractivity contribution in [2.75, 3.05) is 26.6 Å². The van der Waals surface area contributed by atoms with E-state index in [1.807, 2.05) is 19.2 Å². The summed E-state index contributed by atoms with van der Waals surface area (Å²) in [5, 5.41) is 8.43. The monoisotopic (exact) mass is 838 g/mol. The first kappa shape index (κ1) is 44.0. The molecule has 0 radical (unpaired) electrons. The lowest BCUT2D eigenvalue weighted by Crippen LogP contribution is -2.43. The van der Waals surface area contributed by atoms with Gasteiger partial charge in [0.25, 0.3) is 0 Å². The normalized spacial score (nSPS) is 13.8. The van der Waals surface area contributed by atoms with Crippen LogP contribution in [0.2, 0.25) is 0 Å². The van der Waals surface area contributed by atoms with E-state index in [4.69, 9.17) is 26.8 Å². The van der Waals surface area contributed by atoms with Crippen molar-refractivity contribution in [1.29, 1.82) is 0 Å². The standard InChI is InChI=1S/C16H15F2N3O4S.C9H16ClN3O2.C6H11BrN2O2/c1-23-13-5-6-19-12(14(13)24-2)8-26(22)16-20-10-4-3-9(25-15(17)18)7-11(10)21-16;10-6-7-13(12-15)9(14)11-8-4-2-1-3-5-8;1-3(2)4(7)5(10)9-6(8)11/h3-7,15H,8H2,1-2H3,(H,20,21);8H,1-7H2,(H,11,14);3-4H,1-2H3,(H3,8,9,10,11). The van der Waals surface area contributed by atoms with Crippen LogP contribution in [0.1, 0.15) is 51.6 Å². The highest BCUT2D eigenvalue weighted by Crippen LogP contribution is 2.31. The molecule has 1 aliphatic carbocycles. The lowest BCUT2D eigenvalue weighted by Gasteiger charge is -2.24. The summed E-state index contributed by atoms with van der Waals surface area (Å²) in [7, 11) is 1.41. The second kappa shape index (κ2) is 22.7. The summed E-state index contributed by atoms with van der Waals surface area (Å²) in [6.07, 6.45) is 6.99. The number of nitrogens with zero attached hydrogens (tertiary/aromatic N) is 4. The average Bonchev–Trinajstić information content (AvgIpc) is 3.54. The second-order valence-electron chi connectivity index (χ2n) is 11.3. The molecule has 288 valence electrons. The van der Waals surface area contributed by atoms with E-state index in [2.05, 4.69) is 46.2 Å². The first-order chi connectivity index (χ1) is 24.7. The van der Waals surface area contributed by atoms with Crippen molar-refractivity contribution in [1.82, 2.24) is 30.6 Å². The quantitative estimate of drug-likeness (QED) is 0.0930. The number of nitroso groups, excluding NO2 is 1. The number of carbonyl (C=O) groups excluding carboxylic acids is 3. The molecule has 2 atom stereocenters. The molecule has 0 spiro atoms. The van der Waals surface area contributed by atoms with E-state index in [-0.39, 0.29) is 45.9 Å². The molecule has 3 aromatic rings. The van der Waals surface area contributed by atoms with E-state index in [9.17, 15) is 32.3 Å². The van der Waals surface area contributed by atoms with Gasteiger partial charge in [0.2, 0.25) is 5.91 Å². The van der Waals surface area contributed by atoms with E-state index in [0.717, 1.165) is 30.7 Å². The molecule has 16 nitrogen and oxygen atoms in total. The summed E-state index contributed by atoms with van der Waals surface area (Å²) >= 11 is 8.56. The third-order valence-electron chi connectivity index (χ3n) is 7.15. The largest absolute Gasteiger partial charge is 0.493 e. The lowest BCUT2D eigenvalue weighted by molar-refractivity contribution is -0.119. The number of urea groups is 2. The van der Waals surface area contributed by atoms with Gasteiger partial charge in [0.1, 0.15) is 5.75 Å². The Bertz CT molecular complexity index is 1650. The Kier molecular flexibility index (Phi) is 19.2. The third-order valence-corrected chi connectivity index (χ3v) is 9.95. The number of amides is 5. The number of pyridine rings is 1. The van der Waals surface area contributed by atoms with Crippen molar-refractivity contribution < 1.29 is 41.6 Å². The van der Waals surface area contributed by atoms with Crippen molar-refractivity contribution in [2.45, 2.75) is 74.3 Å². The van der Waals surface area contributed by atoms with Gasteiger partial charge in [0.05, 0.1) is 64.2 Å². The van der Waals surface area contributed by atoms with Crippen molar-refractivity contribution in [3.63, 3.8) is 0 Å². The van der Waals surface area contributed by atoms with Gasteiger partial charge in [0, 0.05) is 30.3 Å². The summed E-state index contributed by atoms with van der Waals surface area (Å²) in [5.74, 6) is 0.858. The first-order valence-corrected chi connectivity index (χ1v) is 18.6. The fourth-order valence-corrected chi connectivity index (χ4v) is 5.93. The summed E-state index contributed by atoms with van der Waals surface area (Å²) < 4.78 is 52.1. The van der Waals surface area contributed by atoms with Crippen LogP contribution in [0.15, 0.2) is 40.9 Å². The van der Waals surface area contributed by atoms with E-state index in [0.29, 0.717) is 28.2 Å². The van der Waals surface area contributed by atoms with Crippen molar-refractivity contribution in [2.24, 2.45) is 16.9 Å². The Hall–Kier alpha value is -4.17. The number of nitrogens with one attached hydrogen (secondary N) is 3. The molecule has 1 aromatic carbocycles. The SMILES string of the molecule is CC(C)C(Br)C(=O)NC(N)=O.COc1ccnc(CS(=O)c2nc3ccc(OC(F)F)cc3[nH]2)c1OC.O=NN(CCCl)C(=O)NC1CCCCC1. The van der Waals surface area contributed by atoms with Gasteiger partial charge in [-0.3, -0.25) is 19.3 Å². The predicted octanol–water partition coefficient (Wildman–Crippen LogP) is 5.74. The number of imide groups is 1. The average molecular weight is 840 g/mol. The Morgan fingerprint density at radius 3 is 2.42 bits per heavy atom. The molecule has 52 heavy (non-hydrogen) atoms. The maximum atomic E-state index is 12.6. The number of hydrogen-bond donors (Lipinski definition) is 4. The predicted molar refractivity (Wildman–Crippen MR) is 194 cm³/mol. The minimum absolute atomic E-state index is 0.00962. The van der Waals surface area contributed by atoms with E-state index >= 15 is 0 Å². The van der Waals surface area contributed by atoms with Gasteiger partial charge in [-0.25, -0.2) is 14.6 Å². The number of H-pyrrole nitrogens is 1. The van der Waals surface area contributed by atoms with Gasteiger partial charge in [0.15, 0.2) is 16.7 Å². The minimum Gasteiger partial charge on any atom is -0.493 e. The Balaban J connectivity index is 0.000000305. The zero-order valence-corrected chi connectivity index (χ0v) is 32.1. The molecule has 0 saturated heterocycles. The van der Waals surface area contributed by atoms with Crippen LogP contribution in [0.3, 0.4) is 0 Å². The lowest BCUT2D eigenvalue weighted by atomic mass is 9.96. The Morgan fingerprint density at radius 2 is 1.87 bits per heavy atom. The number of benzene rings is 1. The number of alkyl halides is 4. The molecule has 2 unspecified atom stereocenters.